The average molecular weight is 452 g/mol. The van der Waals surface area contributed by atoms with E-state index < -0.39 is 23.7 Å². The van der Waals surface area contributed by atoms with Gasteiger partial charge in [-0.3, -0.25) is 14.6 Å². The molecule has 2 aromatic carbocycles. The lowest BCUT2D eigenvalue weighted by molar-refractivity contribution is -0.119. The van der Waals surface area contributed by atoms with Crippen molar-refractivity contribution in [1.29, 1.82) is 0 Å². The van der Waals surface area contributed by atoms with Gasteiger partial charge in [-0.25, -0.2) is 9.18 Å². The Hall–Kier alpha value is -3.95. The van der Waals surface area contributed by atoms with E-state index in [1.807, 2.05) is 6.07 Å². The topological polar surface area (TPSA) is 120 Å². The molecule has 2 aromatic rings. The van der Waals surface area contributed by atoms with Gasteiger partial charge in [0.15, 0.2) is 0 Å². The lowest BCUT2D eigenvalue weighted by atomic mass is 10.1. The number of carbonyl (C=O) groups excluding carboxylic acids is 3. The van der Waals surface area contributed by atoms with Crippen molar-refractivity contribution in [2.75, 3.05) is 23.4 Å². The summed E-state index contributed by atoms with van der Waals surface area (Å²) < 4.78 is 13.2. The number of nitrogens with zero attached hydrogens (tertiary/aromatic N) is 3. The zero-order valence-electron chi connectivity index (χ0n) is 18.0. The highest BCUT2D eigenvalue weighted by Gasteiger charge is 2.34. The number of carbonyl (C=O) groups is 3. The standard InChI is InChI=1S/C23H25FN6O3/c24-16-6-8-18(9-7-16)30-20(21(25)31)13-19(28-30)22(32)26-14-15-4-3-5-17(12-15)27-23(33)29-10-1-2-11-29/h3-9,12,20H,1-2,10-11,13-14H2,(H2,25,31)(H,26,32)(H,27,33). The first kappa shape index (κ1) is 22.3. The molecule has 2 aliphatic rings. The lowest BCUT2D eigenvalue weighted by Crippen LogP contribution is -2.39. The molecule has 1 saturated heterocycles. The Morgan fingerprint density at radius 2 is 1.82 bits per heavy atom. The molecule has 0 aliphatic carbocycles. The quantitative estimate of drug-likeness (QED) is 0.622. The first-order valence-corrected chi connectivity index (χ1v) is 10.8. The number of urea groups is 1. The first-order chi connectivity index (χ1) is 15.9. The van der Waals surface area contributed by atoms with Crippen molar-refractivity contribution in [1.82, 2.24) is 10.2 Å². The number of likely N-dealkylation sites (tertiary alicyclic amines) is 1. The van der Waals surface area contributed by atoms with Gasteiger partial charge in [-0.1, -0.05) is 12.1 Å². The predicted molar refractivity (Wildman–Crippen MR) is 122 cm³/mol. The molecule has 0 bridgehead atoms. The number of primary amides is 1. The molecule has 33 heavy (non-hydrogen) atoms. The third kappa shape index (κ3) is 5.28. The van der Waals surface area contributed by atoms with Gasteiger partial charge in [-0.05, 0) is 54.8 Å². The minimum Gasteiger partial charge on any atom is -0.368 e. The molecule has 1 fully saturated rings. The van der Waals surface area contributed by atoms with Crippen molar-refractivity contribution in [2.24, 2.45) is 10.8 Å². The molecule has 0 radical (unpaired) electrons. The summed E-state index contributed by atoms with van der Waals surface area (Å²) in [4.78, 5) is 38.6. The number of hydrogen-bond donors (Lipinski definition) is 3. The second-order valence-electron chi connectivity index (χ2n) is 8.00. The van der Waals surface area contributed by atoms with E-state index in [0.717, 1.165) is 31.5 Å². The Balaban J connectivity index is 1.39. The van der Waals surface area contributed by atoms with Gasteiger partial charge in [0, 0.05) is 31.7 Å². The summed E-state index contributed by atoms with van der Waals surface area (Å²) >= 11 is 0. The molecular weight excluding hydrogens is 427 g/mol. The summed E-state index contributed by atoms with van der Waals surface area (Å²) in [5.41, 5.74) is 7.54. The predicted octanol–water partition coefficient (Wildman–Crippen LogP) is 2.19. The molecule has 1 atom stereocenters. The molecule has 172 valence electrons. The summed E-state index contributed by atoms with van der Waals surface area (Å²) in [5, 5.41) is 11.3. The fraction of sp³-hybridized carbons (Fsp3) is 0.304. The van der Waals surface area contributed by atoms with Gasteiger partial charge in [0.1, 0.15) is 17.6 Å². The van der Waals surface area contributed by atoms with Crippen LogP contribution in [0.25, 0.3) is 0 Å². The summed E-state index contributed by atoms with van der Waals surface area (Å²) in [6, 6.07) is 11.7. The Labute approximate surface area is 190 Å². The van der Waals surface area contributed by atoms with E-state index in [1.54, 1.807) is 23.1 Å². The second-order valence-corrected chi connectivity index (χ2v) is 8.00. The number of benzene rings is 2. The minimum absolute atomic E-state index is 0.0461. The largest absolute Gasteiger partial charge is 0.368 e. The van der Waals surface area contributed by atoms with Crippen LogP contribution in [0.1, 0.15) is 24.8 Å². The maximum Gasteiger partial charge on any atom is 0.321 e. The van der Waals surface area contributed by atoms with Gasteiger partial charge in [0.05, 0.1) is 5.69 Å². The third-order valence-corrected chi connectivity index (χ3v) is 5.62. The number of nitrogens with two attached hydrogens (primary N) is 1. The summed E-state index contributed by atoms with van der Waals surface area (Å²) in [7, 11) is 0. The number of rotatable bonds is 6. The molecule has 1 unspecified atom stereocenters. The highest BCUT2D eigenvalue weighted by molar-refractivity contribution is 6.40. The number of halogens is 1. The van der Waals surface area contributed by atoms with Crippen LogP contribution in [0.15, 0.2) is 53.6 Å². The number of hydrogen-bond acceptors (Lipinski definition) is 5. The zero-order valence-corrected chi connectivity index (χ0v) is 18.0. The van der Waals surface area contributed by atoms with Crippen LogP contribution in [0.2, 0.25) is 0 Å². The Morgan fingerprint density at radius 3 is 2.52 bits per heavy atom. The molecule has 0 saturated carbocycles. The normalized spacial score (nSPS) is 17.6. The van der Waals surface area contributed by atoms with E-state index in [1.165, 1.54) is 29.3 Å². The first-order valence-electron chi connectivity index (χ1n) is 10.8. The minimum atomic E-state index is -0.833. The van der Waals surface area contributed by atoms with E-state index in [9.17, 15) is 18.8 Å². The fourth-order valence-electron chi connectivity index (χ4n) is 3.87. The molecule has 4 amide bonds. The number of nitrogens with one attached hydrogen (secondary N) is 2. The van der Waals surface area contributed by atoms with Crippen LogP contribution in [0.4, 0.5) is 20.6 Å². The van der Waals surface area contributed by atoms with Crippen molar-refractivity contribution in [2.45, 2.75) is 31.8 Å². The van der Waals surface area contributed by atoms with E-state index in [-0.39, 0.29) is 24.7 Å². The van der Waals surface area contributed by atoms with Crippen molar-refractivity contribution in [3.8, 4) is 0 Å². The summed E-state index contributed by atoms with van der Waals surface area (Å²) in [6.07, 6.45) is 2.07. The van der Waals surface area contributed by atoms with Crippen LogP contribution in [0, 0.1) is 5.82 Å². The second kappa shape index (κ2) is 9.68. The van der Waals surface area contributed by atoms with Crippen LogP contribution in [-0.4, -0.2) is 47.6 Å². The SMILES string of the molecule is NC(=O)C1CC(C(=O)NCc2cccc(NC(=O)N3CCCC3)c2)=NN1c1ccc(F)cc1. The van der Waals surface area contributed by atoms with Crippen molar-refractivity contribution < 1.29 is 18.8 Å². The molecule has 0 aromatic heterocycles. The Bertz CT molecular complexity index is 1080. The third-order valence-electron chi connectivity index (χ3n) is 5.62. The summed E-state index contributed by atoms with van der Waals surface area (Å²) in [5.74, 6) is -1.49. The number of amides is 4. The van der Waals surface area contributed by atoms with Crippen LogP contribution in [0.5, 0.6) is 0 Å². The van der Waals surface area contributed by atoms with Gasteiger partial charge >= 0.3 is 6.03 Å². The molecule has 2 heterocycles. The monoisotopic (exact) mass is 452 g/mol. The van der Waals surface area contributed by atoms with Gasteiger partial charge in [0.2, 0.25) is 5.91 Å². The van der Waals surface area contributed by atoms with E-state index >= 15 is 0 Å². The smallest absolute Gasteiger partial charge is 0.321 e. The average Bonchev–Trinajstić information content (AvgIpc) is 3.49. The fourth-order valence-corrected chi connectivity index (χ4v) is 3.87. The van der Waals surface area contributed by atoms with Crippen LogP contribution < -0.4 is 21.4 Å². The maximum absolute atomic E-state index is 13.2. The molecule has 4 N–H and O–H groups in total. The molecule has 0 spiro atoms. The van der Waals surface area contributed by atoms with Crippen molar-refractivity contribution in [3.05, 3.63) is 59.9 Å². The van der Waals surface area contributed by atoms with E-state index in [0.29, 0.717) is 11.4 Å². The summed E-state index contributed by atoms with van der Waals surface area (Å²) in [6.45, 7) is 1.72. The van der Waals surface area contributed by atoms with E-state index in [2.05, 4.69) is 15.7 Å². The molecular formula is C23H25FN6O3. The molecule has 2 aliphatic heterocycles. The van der Waals surface area contributed by atoms with E-state index in [4.69, 9.17) is 5.73 Å². The highest BCUT2D eigenvalue weighted by atomic mass is 19.1. The Kier molecular flexibility index (Phi) is 6.53. The lowest BCUT2D eigenvalue weighted by Gasteiger charge is -2.20. The molecule has 4 rings (SSSR count). The molecule has 10 heteroatoms. The van der Waals surface area contributed by atoms with Gasteiger partial charge in [0.25, 0.3) is 5.91 Å². The van der Waals surface area contributed by atoms with Crippen molar-refractivity contribution in [3.63, 3.8) is 0 Å². The highest BCUT2D eigenvalue weighted by Crippen LogP contribution is 2.25. The zero-order chi connectivity index (χ0) is 23.4. The van der Waals surface area contributed by atoms with Gasteiger partial charge in [-0.15, -0.1) is 0 Å². The van der Waals surface area contributed by atoms with Crippen molar-refractivity contribution >= 4 is 34.9 Å². The van der Waals surface area contributed by atoms with Crippen LogP contribution >= 0.6 is 0 Å². The molecule has 9 nitrogen and oxygen atoms in total. The van der Waals surface area contributed by atoms with Gasteiger partial charge < -0.3 is 21.3 Å². The Morgan fingerprint density at radius 1 is 1.09 bits per heavy atom. The number of hydrazone groups is 1. The maximum atomic E-state index is 13.2. The van der Waals surface area contributed by atoms with Crippen LogP contribution in [-0.2, 0) is 16.1 Å². The number of anilines is 2. The van der Waals surface area contributed by atoms with Crippen LogP contribution in [0.3, 0.4) is 0 Å². The van der Waals surface area contributed by atoms with Gasteiger partial charge in [-0.2, -0.15) is 5.10 Å².